The first kappa shape index (κ1) is 11.2. The van der Waals surface area contributed by atoms with E-state index in [1.54, 1.807) is 18.3 Å². The van der Waals surface area contributed by atoms with Crippen LogP contribution in [0.3, 0.4) is 0 Å². The first-order valence-corrected chi connectivity index (χ1v) is 5.49. The molecule has 1 rings (SSSR count). The van der Waals surface area contributed by atoms with Crippen LogP contribution >= 0.6 is 11.3 Å². The fraction of sp³-hybridized carbons (Fsp3) is 0.417. The zero-order valence-electron chi connectivity index (χ0n) is 9.23. The minimum absolute atomic E-state index is 0.170. The highest BCUT2D eigenvalue weighted by atomic mass is 32.1. The molecule has 0 bridgehead atoms. The molecule has 0 aromatic carbocycles. The molecule has 0 aliphatic carbocycles. The molecule has 2 heteroatoms. The van der Waals surface area contributed by atoms with Gasteiger partial charge in [-0.15, -0.1) is 11.3 Å². The Hall–Kier alpha value is -0.890. The first-order valence-electron chi connectivity index (χ1n) is 4.67. The van der Waals surface area contributed by atoms with Gasteiger partial charge in [0.05, 0.1) is 4.88 Å². The SMILES string of the molecule is C=C(C)Cc1c(C)sc(C(C)=O)c1C. The lowest BCUT2D eigenvalue weighted by atomic mass is 10.0. The smallest absolute Gasteiger partial charge is 0.169 e. The van der Waals surface area contributed by atoms with Gasteiger partial charge in [0.15, 0.2) is 5.78 Å². The number of Topliss-reactive ketones (excluding diaryl/α,β-unsaturated/α-hetero) is 1. The molecule has 0 aliphatic rings. The van der Waals surface area contributed by atoms with Crippen molar-refractivity contribution in [3.8, 4) is 0 Å². The number of rotatable bonds is 3. The van der Waals surface area contributed by atoms with Crippen molar-refractivity contribution in [2.45, 2.75) is 34.1 Å². The molecule has 0 N–H and O–H groups in total. The van der Waals surface area contributed by atoms with Crippen LogP contribution in [-0.2, 0) is 6.42 Å². The third-order valence-corrected chi connectivity index (χ3v) is 3.62. The van der Waals surface area contributed by atoms with Crippen LogP contribution in [0.1, 0.15) is 39.5 Å². The van der Waals surface area contributed by atoms with E-state index in [4.69, 9.17) is 0 Å². The number of ketones is 1. The van der Waals surface area contributed by atoms with Gasteiger partial charge < -0.3 is 0 Å². The maximum Gasteiger partial charge on any atom is 0.169 e. The molecule has 0 radical (unpaired) electrons. The number of hydrogen-bond donors (Lipinski definition) is 0. The maximum absolute atomic E-state index is 11.3. The highest BCUT2D eigenvalue weighted by molar-refractivity contribution is 7.14. The summed E-state index contributed by atoms with van der Waals surface area (Å²) >= 11 is 1.60. The zero-order chi connectivity index (χ0) is 10.9. The molecule has 1 heterocycles. The Balaban J connectivity index is 3.17. The van der Waals surface area contributed by atoms with E-state index in [9.17, 15) is 4.79 Å². The van der Waals surface area contributed by atoms with Crippen molar-refractivity contribution < 1.29 is 4.79 Å². The van der Waals surface area contributed by atoms with Crippen LogP contribution in [0.5, 0.6) is 0 Å². The van der Waals surface area contributed by atoms with Crippen molar-refractivity contribution in [2.24, 2.45) is 0 Å². The quantitative estimate of drug-likeness (QED) is 0.547. The molecule has 14 heavy (non-hydrogen) atoms. The number of carbonyl (C=O) groups is 1. The van der Waals surface area contributed by atoms with Crippen molar-refractivity contribution in [3.05, 3.63) is 33.0 Å². The van der Waals surface area contributed by atoms with Crippen molar-refractivity contribution in [2.75, 3.05) is 0 Å². The van der Waals surface area contributed by atoms with Gasteiger partial charge in [-0.2, -0.15) is 0 Å². The summed E-state index contributed by atoms with van der Waals surface area (Å²) in [6, 6.07) is 0. The average Bonchev–Trinajstić information content (AvgIpc) is 2.31. The standard InChI is InChI=1S/C12H16OS/c1-7(2)6-11-8(3)12(9(4)13)14-10(11)5/h1,6H2,2-5H3. The van der Waals surface area contributed by atoms with Crippen molar-refractivity contribution in [1.29, 1.82) is 0 Å². The largest absolute Gasteiger partial charge is 0.294 e. The molecule has 0 fully saturated rings. The second kappa shape index (κ2) is 4.09. The van der Waals surface area contributed by atoms with E-state index in [0.29, 0.717) is 0 Å². The summed E-state index contributed by atoms with van der Waals surface area (Å²) in [5.74, 6) is 0.170. The van der Waals surface area contributed by atoms with E-state index in [1.807, 2.05) is 13.8 Å². The van der Waals surface area contributed by atoms with Gasteiger partial charge in [-0.05, 0) is 45.2 Å². The lowest BCUT2D eigenvalue weighted by molar-refractivity contribution is 0.102. The third kappa shape index (κ3) is 2.13. The van der Waals surface area contributed by atoms with Gasteiger partial charge in [0.25, 0.3) is 0 Å². The summed E-state index contributed by atoms with van der Waals surface area (Å²) in [5, 5.41) is 0. The summed E-state index contributed by atoms with van der Waals surface area (Å²) in [5.41, 5.74) is 3.57. The second-order valence-corrected chi connectivity index (χ2v) is 5.01. The zero-order valence-corrected chi connectivity index (χ0v) is 10.0. The van der Waals surface area contributed by atoms with E-state index in [0.717, 1.165) is 22.4 Å². The lowest BCUT2D eigenvalue weighted by Gasteiger charge is -2.01. The highest BCUT2D eigenvalue weighted by Gasteiger charge is 2.14. The number of thiophene rings is 1. The number of carbonyl (C=O) groups excluding carboxylic acids is 1. The fourth-order valence-corrected chi connectivity index (χ4v) is 2.66. The van der Waals surface area contributed by atoms with E-state index in [2.05, 4.69) is 13.5 Å². The molecular formula is C12H16OS. The van der Waals surface area contributed by atoms with Crippen LogP contribution in [0.4, 0.5) is 0 Å². The van der Waals surface area contributed by atoms with Crippen LogP contribution < -0.4 is 0 Å². The molecule has 0 saturated carbocycles. The van der Waals surface area contributed by atoms with Gasteiger partial charge in [-0.25, -0.2) is 0 Å². The summed E-state index contributed by atoms with van der Waals surface area (Å²) < 4.78 is 0. The van der Waals surface area contributed by atoms with E-state index in [-0.39, 0.29) is 5.78 Å². The van der Waals surface area contributed by atoms with Gasteiger partial charge in [-0.3, -0.25) is 4.79 Å². The Labute approximate surface area is 89.5 Å². The van der Waals surface area contributed by atoms with Crippen LogP contribution in [0.15, 0.2) is 12.2 Å². The van der Waals surface area contributed by atoms with Gasteiger partial charge in [0.2, 0.25) is 0 Å². The van der Waals surface area contributed by atoms with Gasteiger partial charge in [-0.1, -0.05) is 12.2 Å². The molecule has 0 saturated heterocycles. The van der Waals surface area contributed by atoms with Crippen LogP contribution in [0, 0.1) is 13.8 Å². The topological polar surface area (TPSA) is 17.1 Å². The van der Waals surface area contributed by atoms with Crippen LogP contribution in [0.25, 0.3) is 0 Å². The number of hydrogen-bond acceptors (Lipinski definition) is 2. The first-order chi connectivity index (χ1) is 6.43. The number of aryl methyl sites for hydroxylation is 1. The Morgan fingerprint density at radius 2 is 1.93 bits per heavy atom. The Morgan fingerprint density at radius 1 is 1.36 bits per heavy atom. The normalized spacial score (nSPS) is 10.3. The van der Waals surface area contributed by atoms with Crippen LogP contribution in [0.2, 0.25) is 0 Å². The number of allylic oxidation sites excluding steroid dienone is 1. The molecule has 1 aromatic rings. The van der Waals surface area contributed by atoms with E-state index in [1.165, 1.54) is 10.4 Å². The monoisotopic (exact) mass is 208 g/mol. The molecular weight excluding hydrogens is 192 g/mol. The molecule has 0 atom stereocenters. The van der Waals surface area contributed by atoms with Crippen molar-refractivity contribution in [1.82, 2.24) is 0 Å². The maximum atomic E-state index is 11.3. The Kier molecular flexibility index (Phi) is 3.27. The molecule has 1 aromatic heterocycles. The summed E-state index contributed by atoms with van der Waals surface area (Å²) in [6.45, 7) is 11.7. The van der Waals surface area contributed by atoms with Crippen molar-refractivity contribution >= 4 is 17.1 Å². The van der Waals surface area contributed by atoms with E-state index < -0.39 is 0 Å². The molecule has 0 aliphatic heterocycles. The molecule has 0 amide bonds. The molecule has 1 nitrogen and oxygen atoms in total. The van der Waals surface area contributed by atoms with E-state index >= 15 is 0 Å². The molecule has 0 unspecified atom stereocenters. The van der Waals surface area contributed by atoms with Gasteiger partial charge in [0, 0.05) is 4.88 Å². The average molecular weight is 208 g/mol. The van der Waals surface area contributed by atoms with Crippen LogP contribution in [-0.4, -0.2) is 5.78 Å². The van der Waals surface area contributed by atoms with Crippen molar-refractivity contribution in [3.63, 3.8) is 0 Å². The fourth-order valence-electron chi connectivity index (χ4n) is 1.59. The summed E-state index contributed by atoms with van der Waals surface area (Å²) in [7, 11) is 0. The minimum atomic E-state index is 0.170. The molecule has 0 spiro atoms. The van der Waals surface area contributed by atoms with Gasteiger partial charge >= 0.3 is 0 Å². The lowest BCUT2D eigenvalue weighted by Crippen LogP contribution is -1.93. The predicted molar refractivity (Wildman–Crippen MR) is 62.3 cm³/mol. The second-order valence-electron chi connectivity index (χ2n) is 3.78. The Bertz CT molecular complexity index is 385. The third-order valence-electron chi connectivity index (χ3n) is 2.27. The van der Waals surface area contributed by atoms with Gasteiger partial charge in [0.1, 0.15) is 0 Å². The predicted octanol–water partition coefficient (Wildman–Crippen LogP) is 3.69. The highest BCUT2D eigenvalue weighted by Crippen LogP contribution is 2.29. The Morgan fingerprint density at radius 3 is 2.29 bits per heavy atom. The molecule has 76 valence electrons. The summed E-state index contributed by atoms with van der Waals surface area (Å²) in [4.78, 5) is 13.5. The minimum Gasteiger partial charge on any atom is -0.294 e. The summed E-state index contributed by atoms with van der Waals surface area (Å²) in [6.07, 6.45) is 0.890.